The second-order valence-corrected chi connectivity index (χ2v) is 5.89. The van der Waals surface area contributed by atoms with Gasteiger partial charge in [0.15, 0.2) is 0 Å². The van der Waals surface area contributed by atoms with Gasteiger partial charge in [-0.15, -0.1) is 0 Å². The van der Waals surface area contributed by atoms with E-state index >= 15 is 0 Å². The van der Waals surface area contributed by atoms with Gasteiger partial charge in [0.25, 0.3) is 5.24 Å². The third-order valence-electron chi connectivity index (χ3n) is 3.37. The zero-order valence-corrected chi connectivity index (χ0v) is 13.2. The molecule has 118 valence electrons. The van der Waals surface area contributed by atoms with Crippen LogP contribution in [-0.2, 0) is 6.54 Å². The molecule has 0 atom stereocenters. The van der Waals surface area contributed by atoms with Crippen molar-refractivity contribution in [2.24, 2.45) is 5.73 Å². The molecule has 4 N–H and O–H groups in total. The van der Waals surface area contributed by atoms with Gasteiger partial charge in [-0.2, -0.15) is 0 Å². The molecule has 0 spiro atoms. The summed E-state index contributed by atoms with van der Waals surface area (Å²) in [6.07, 6.45) is 3.22. The summed E-state index contributed by atoms with van der Waals surface area (Å²) >= 11 is 0.918. The zero-order chi connectivity index (χ0) is 16.4. The molecule has 0 unspecified atom stereocenters. The lowest BCUT2D eigenvalue weighted by molar-refractivity contribution is 0.267. The molecule has 0 radical (unpaired) electrons. The number of benzene rings is 1. The number of aromatic nitrogens is 3. The van der Waals surface area contributed by atoms with Crippen LogP contribution in [0.5, 0.6) is 5.75 Å². The van der Waals surface area contributed by atoms with E-state index < -0.39 is 5.24 Å². The molecule has 8 heteroatoms. The predicted octanol–water partition coefficient (Wildman–Crippen LogP) is 2.24. The number of thioether (sulfide) groups is 1. The van der Waals surface area contributed by atoms with Crippen molar-refractivity contribution in [3.05, 3.63) is 42.4 Å². The van der Waals surface area contributed by atoms with Crippen LogP contribution in [0.3, 0.4) is 0 Å². The third kappa shape index (κ3) is 3.07. The number of nitrogens with zero attached hydrogens (tertiary/aromatic N) is 3. The first-order valence-electron chi connectivity index (χ1n) is 6.78. The van der Waals surface area contributed by atoms with Gasteiger partial charge in [-0.3, -0.25) is 4.79 Å². The molecule has 0 aliphatic heterocycles. The lowest BCUT2D eigenvalue weighted by atomic mass is 10.2. The van der Waals surface area contributed by atoms with Gasteiger partial charge in [0.05, 0.1) is 12.5 Å². The number of rotatable bonds is 4. The minimum atomic E-state index is -0.503. The minimum Gasteiger partial charge on any atom is -0.497 e. The lowest BCUT2D eigenvalue weighted by Gasteiger charge is -2.06. The highest BCUT2D eigenvalue weighted by atomic mass is 32.2. The van der Waals surface area contributed by atoms with Crippen LogP contribution in [0.1, 0.15) is 5.56 Å². The smallest absolute Gasteiger partial charge is 0.281 e. The largest absolute Gasteiger partial charge is 0.497 e. The number of nitrogens with two attached hydrogens (primary N) is 2. The van der Waals surface area contributed by atoms with E-state index in [1.807, 2.05) is 35.0 Å². The van der Waals surface area contributed by atoms with Crippen molar-refractivity contribution >= 4 is 33.9 Å². The second-order valence-electron chi connectivity index (χ2n) is 4.85. The molecular weight excluding hydrogens is 314 g/mol. The number of hydrogen-bond donors (Lipinski definition) is 2. The van der Waals surface area contributed by atoms with Crippen LogP contribution in [0.25, 0.3) is 11.0 Å². The highest BCUT2D eigenvalue weighted by Gasteiger charge is 2.16. The van der Waals surface area contributed by atoms with Gasteiger partial charge in [-0.05, 0) is 29.5 Å². The standard InChI is InChI=1S/C15H15N5O2S/c1-22-10-4-2-9(3-5-10)6-20-7-11(23-15(17)21)12-13(16)18-8-19-14(12)20/h2-5,7-8H,6H2,1H3,(H2,17,21)(H2,16,18,19). The average Bonchev–Trinajstić information content (AvgIpc) is 2.86. The van der Waals surface area contributed by atoms with E-state index in [1.54, 1.807) is 7.11 Å². The van der Waals surface area contributed by atoms with Crippen LogP contribution >= 0.6 is 11.8 Å². The molecule has 0 bridgehead atoms. The summed E-state index contributed by atoms with van der Waals surface area (Å²) in [6, 6.07) is 7.72. The fourth-order valence-electron chi connectivity index (χ4n) is 2.34. The third-order valence-corrected chi connectivity index (χ3v) is 4.10. The fourth-order valence-corrected chi connectivity index (χ4v) is 3.04. The van der Waals surface area contributed by atoms with Crippen molar-refractivity contribution in [3.8, 4) is 5.75 Å². The fraction of sp³-hybridized carbons (Fsp3) is 0.133. The Morgan fingerprint density at radius 1 is 1.30 bits per heavy atom. The van der Waals surface area contributed by atoms with Gasteiger partial charge in [-0.1, -0.05) is 12.1 Å². The van der Waals surface area contributed by atoms with Crippen molar-refractivity contribution in [3.63, 3.8) is 0 Å². The summed E-state index contributed by atoms with van der Waals surface area (Å²) in [6.45, 7) is 0.580. The quantitative estimate of drug-likeness (QED) is 0.710. The molecule has 7 nitrogen and oxygen atoms in total. The monoisotopic (exact) mass is 329 g/mol. The van der Waals surface area contributed by atoms with Gasteiger partial charge in [0.2, 0.25) is 0 Å². The first kappa shape index (κ1) is 15.2. The molecule has 0 saturated heterocycles. The van der Waals surface area contributed by atoms with Crippen LogP contribution in [0.4, 0.5) is 10.6 Å². The van der Waals surface area contributed by atoms with E-state index in [0.717, 1.165) is 23.1 Å². The molecule has 2 heterocycles. The van der Waals surface area contributed by atoms with Crippen molar-refractivity contribution in [2.75, 3.05) is 12.8 Å². The maximum Gasteiger partial charge on any atom is 0.281 e. The minimum absolute atomic E-state index is 0.326. The summed E-state index contributed by atoms with van der Waals surface area (Å²) in [5.41, 5.74) is 12.9. The van der Waals surface area contributed by atoms with Crippen LogP contribution in [0, 0.1) is 0 Å². The van der Waals surface area contributed by atoms with Gasteiger partial charge in [-0.25, -0.2) is 9.97 Å². The Morgan fingerprint density at radius 2 is 2.04 bits per heavy atom. The van der Waals surface area contributed by atoms with Crippen molar-refractivity contribution in [1.82, 2.24) is 14.5 Å². The average molecular weight is 329 g/mol. The highest BCUT2D eigenvalue weighted by molar-refractivity contribution is 8.13. The van der Waals surface area contributed by atoms with E-state index in [4.69, 9.17) is 16.2 Å². The number of fused-ring (bicyclic) bond motifs is 1. The molecule has 23 heavy (non-hydrogen) atoms. The Kier molecular flexibility index (Phi) is 4.07. The first-order valence-corrected chi connectivity index (χ1v) is 7.59. The summed E-state index contributed by atoms with van der Waals surface area (Å²) in [4.78, 5) is 20.2. The van der Waals surface area contributed by atoms with Gasteiger partial charge in [0, 0.05) is 17.6 Å². The normalized spacial score (nSPS) is 10.8. The number of anilines is 1. The molecule has 1 aromatic carbocycles. The summed E-state index contributed by atoms with van der Waals surface area (Å²) in [5.74, 6) is 1.12. The van der Waals surface area contributed by atoms with Crippen LogP contribution in [-0.4, -0.2) is 26.9 Å². The zero-order valence-electron chi connectivity index (χ0n) is 12.4. The molecule has 0 aliphatic carbocycles. The molecule has 0 saturated carbocycles. The van der Waals surface area contributed by atoms with Crippen molar-refractivity contribution in [1.29, 1.82) is 0 Å². The van der Waals surface area contributed by atoms with E-state index in [9.17, 15) is 4.79 Å². The van der Waals surface area contributed by atoms with Gasteiger partial charge >= 0.3 is 0 Å². The summed E-state index contributed by atoms with van der Waals surface area (Å²) in [7, 11) is 1.63. The van der Waals surface area contributed by atoms with Crippen molar-refractivity contribution in [2.45, 2.75) is 11.4 Å². The second kappa shape index (κ2) is 6.17. The number of hydrogen-bond acceptors (Lipinski definition) is 6. The van der Waals surface area contributed by atoms with E-state index in [0.29, 0.717) is 28.3 Å². The van der Waals surface area contributed by atoms with Crippen LogP contribution in [0.15, 0.2) is 41.7 Å². The van der Waals surface area contributed by atoms with Crippen molar-refractivity contribution < 1.29 is 9.53 Å². The molecular formula is C15H15N5O2S. The summed E-state index contributed by atoms with van der Waals surface area (Å²) in [5, 5.41) is 0.140. The molecule has 0 fully saturated rings. The highest BCUT2D eigenvalue weighted by Crippen LogP contribution is 2.32. The Balaban J connectivity index is 2.02. The number of amides is 1. The Labute approximate surface area is 136 Å². The number of nitrogen functional groups attached to an aromatic ring is 1. The number of carbonyl (C=O) groups excluding carboxylic acids is 1. The SMILES string of the molecule is COc1ccc(Cn2cc(SC(N)=O)c3c(N)ncnc32)cc1. The van der Waals surface area contributed by atoms with E-state index in [1.165, 1.54) is 6.33 Å². The van der Waals surface area contributed by atoms with Gasteiger partial charge < -0.3 is 20.8 Å². The Bertz CT molecular complexity index is 860. The molecule has 3 aromatic rings. The number of ether oxygens (including phenoxy) is 1. The first-order chi connectivity index (χ1) is 11.1. The van der Waals surface area contributed by atoms with Crippen LogP contribution in [0.2, 0.25) is 0 Å². The topological polar surface area (TPSA) is 109 Å². The molecule has 0 aliphatic rings. The Morgan fingerprint density at radius 3 is 2.70 bits per heavy atom. The maximum absolute atomic E-state index is 11.2. The van der Waals surface area contributed by atoms with E-state index in [-0.39, 0.29) is 0 Å². The lowest BCUT2D eigenvalue weighted by Crippen LogP contribution is -2.01. The van der Waals surface area contributed by atoms with Crippen LogP contribution < -0.4 is 16.2 Å². The van der Waals surface area contributed by atoms with Gasteiger partial charge in [0.1, 0.15) is 23.5 Å². The Hall–Kier alpha value is -2.74. The molecule has 2 aromatic heterocycles. The summed E-state index contributed by atoms with van der Waals surface area (Å²) < 4.78 is 7.07. The molecule has 1 amide bonds. The molecule has 3 rings (SSSR count). The number of methoxy groups -OCH3 is 1. The maximum atomic E-state index is 11.2. The predicted molar refractivity (Wildman–Crippen MR) is 89.5 cm³/mol. The number of primary amides is 1. The van der Waals surface area contributed by atoms with E-state index in [2.05, 4.69) is 9.97 Å². The number of carbonyl (C=O) groups is 1.